The highest BCUT2D eigenvalue weighted by Gasteiger charge is 2.27. The van der Waals surface area contributed by atoms with Gasteiger partial charge in [0.15, 0.2) is 0 Å². The van der Waals surface area contributed by atoms with E-state index in [2.05, 4.69) is 5.32 Å². The van der Waals surface area contributed by atoms with Crippen LogP contribution in [0.15, 0.2) is 0 Å². The van der Waals surface area contributed by atoms with Gasteiger partial charge < -0.3 is 11.1 Å². The molecule has 18 heavy (non-hydrogen) atoms. The molecule has 3 nitrogen and oxygen atoms in total. The first-order valence-electron chi connectivity index (χ1n) is 6.47. The molecule has 106 valence electrons. The molecule has 0 aromatic carbocycles. The third-order valence-corrected chi connectivity index (χ3v) is 3.49. The lowest BCUT2D eigenvalue weighted by molar-refractivity contribution is -0.136. The molecular formula is C12H21F3N2O. The van der Waals surface area contributed by atoms with Gasteiger partial charge in [0, 0.05) is 18.9 Å². The first-order chi connectivity index (χ1) is 8.42. The van der Waals surface area contributed by atoms with Gasteiger partial charge in [-0.3, -0.25) is 4.79 Å². The SMILES string of the molecule is NCC1CCC(C(=O)NCCCC(F)(F)F)CC1. The van der Waals surface area contributed by atoms with E-state index in [-0.39, 0.29) is 24.8 Å². The Balaban J connectivity index is 2.14. The van der Waals surface area contributed by atoms with Crippen molar-refractivity contribution in [1.82, 2.24) is 5.32 Å². The van der Waals surface area contributed by atoms with Crippen LogP contribution in [0.2, 0.25) is 0 Å². The summed E-state index contributed by atoms with van der Waals surface area (Å²) in [6.07, 6.45) is -1.54. The summed E-state index contributed by atoms with van der Waals surface area (Å²) in [5, 5.41) is 2.59. The van der Waals surface area contributed by atoms with Crippen molar-refractivity contribution in [3.63, 3.8) is 0 Å². The van der Waals surface area contributed by atoms with Gasteiger partial charge in [0.1, 0.15) is 0 Å². The van der Waals surface area contributed by atoms with Crippen LogP contribution in [0.4, 0.5) is 13.2 Å². The van der Waals surface area contributed by atoms with Crippen molar-refractivity contribution in [2.75, 3.05) is 13.1 Å². The van der Waals surface area contributed by atoms with Crippen LogP contribution in [0.5, 0.6) is 0 Å². The van der Waals surface area contributed by atoms with E-state index < -0.39 is 12.6 Å². The lowest BCUT2D eigenvalue weighted by Crippen LogP contribution is -2.35. The molecule has 0 aromatic heterocycles. The van der Waals surface area contributed by atoms with E-state index >= 15 is 0 Å². The molecule has 1 aliphatic carbocycles. The zero-order chi connectivity index (χ0) is 13.6. The minimum absolute atomic E-state index is 0.0429. The second kappa shape index (κ2) is 6.97. The summed E-state index contributed by atoms with van der Waals surface area (Å²) >= 11 is 0. The Morgan fingerprint density at radius 1 is 1.22 bits per heavy atom. The Morgan fingerprint density at radius 2 is 1.83 bits per heavy atom. The molecule has 1 aliphatic rings. The highest BCUT2D eigenvalue weighted by molar-refractivity contribution is 5.78. The summed E-state index contributed by atoms with van der Waals surface area (Å²) in [6, 6.07) is 0. The summed E-state index contributed by atoms with van der Waals surface area (Å²) in [7, 11) is 0. The van der Waals surface area contributed by atoms with Crippen LogP contribution >= 0.6 is 0 Å². The standard InChI is InChI=1S/C12H21F3N2O/c13-12(14,15)6-1-7-17-11(18)10-4-2-9(8-16)3-5-10/h9-10H,1-8,16H2,(H,17,18). The number of carbonyl (C=O) groups is 1. The first kappa shape index (κ1) is 15.3. The van der Waals surface area contributed by atoms with Crippen molar-refractivity contribution in [2.24, 2.45) is 17.6 Å². The van der Waals surface area contributed by atoms with E-state index in [1.54, 1.807) is 0 Å². The van der Waals surface area contributed by atoms with Gasteiger partial charge in [-0.15, -0.1) is 0 Å². The van der Waals surface area contributed by atoms with Gasteiger partial charge in [-0.1, -0.05) is 0 Å². The maximum absolute atomic E-state index is 11.9. The zero-order valence-corrected chi connectivity index (χ0v) is 10.4. The fourth-order valence-corrected chi connectivity index (χ4v) is 2.31. The Labute approximate surface area is 105 Å². The number of halogens is 3. The monoisotopic (exact) mass is 266 g/mol. The van der Waals surface area contributed by atoms with Crippen molar-refractivity contribution in [3.05, 3.63) is 0 Å². The molecule has 1 rings (SSSR count). The van der Waals surface area contributed by atoms with Crippen LogP contribution in [-0.2, 0) is 4.79 Å². The quantitative estimate of drug-likeness (QED) is 0.750. The van der Waals surface area contributed by atoms with Gasteiger partial charge in [0.2, 0.25) is 5.91 Å². The summed E-state index contributed by atoms with van der Waals surface area (Å²) in [5.74, 6) is 0.352. The molecule has 0 bridgehead atoms. The molecule has 1 amide bonds. The van der Waals surface area contributed by atoms with E-state index in [0.29, 0.717) is 12.5 Å². The molecule has 0 atom stereocenters. The minimum Gasteiger partial charge on any atom is -0.356 e. The molecule has 1 saturated carbocycles. The molecular weight excluding hydrogens is 245 g/mol. The van der Waals surface area contributed by atoms with Crippen LogP contribution in [0.25, 0.3) is 0 Å². The van der Waals surface area contributed by atoms with Crippen molar-refractivity contribution < 1.29 is 18.0 Å². The number of hydrogen-bond acceptors (Lipinski definition) is 2. The van der Waals surface area contributed by atoms with Crippen LogP contribution in [-0.4, -0.2) is 25.2 Å². The number of rotatable bonds is 5. The van der Waals surface area contributed by atoms with Crippen molar-refractivity contribution >= 4 is 5.91 Å². The number of nitrogens with one attached hydrogen (secondary N) is 1. The third-order valence-electron chi connectivity index (χ3n) is 3.49. The van der Waals surface area contributed by atoms with Crippen LogP contribution in [0.1, 0.15) is 38.5 Å². The van der Waals surface area contributed by atoms with Crippen molar-refractivity contribution in [2.45, 2.75) is 44.7 Å². The lowest BCUT2D eigenvalue weighted by Gasteiger charge is -2.26. The van der Waals surface area contributed by atoms with E-state index in [9.17, 15) is 18.0 Å². The Hall–Kier alpha value is -0.780. The molecule has 0 spiro atoms. The van der Waals surface area contributed by atoms with Gasteiger partial charge in [0.05, 0.1) is 0 Å². The van der Waals surface area contributed by atoms with Crippen LogP contribution in [0, 0.1) is 11.8 Å². The molecule has 0 saturated heterocycles. The molecule has 0 heterocycles. The molecule has 6 heteroatoms. The van der Waals surface area contributed by atoms with Crippen molar-refractivity contribution in [1.29, 1.82) is 0 Å². The minimum atomic E-state index is -4.14. The van der Waals surface area contributed by atoms with Crippen LogP contribution in [0.3, 0.4) is 0 Å². The number of carbonyl (C=O) groups excluding carboxylic acids is 1. The number of alkyl halides is 3. The maximum atomic E-state index is 11.9. The van der Waals surface area contributed by atoms with E-state index in [1.165, 1.54) is 0 Å². The molecule has 0 aromatic rings. The number of amides is 1. The van der Waals surface area contributed by atoms with Gasteiger partial charge in [0.25, 0.3) is 0 Å². The van der Waals surface area contributed by atoms with E-state index in [4.69, 9.17) is 5.73 Å². The topological polar surface area (TPSA) is 55.1 Å². The molecule has 3 N–H and O–H groups in total. The maximum Gasteiger partial charge on any atom is 0.389 e. The Bertz CT molecular complexity index is 261. The Kier molecular flexibility index (Phi) is 5.91. The summed E-state index contributed by atoms with van der Waals surface area (Å²) in [4.78, 5) is 11.7. The first-order valence-corrected chi connectivity index (χ1v) is 6.47. The normalized spacial score (nSPS) is 24.9. The Morgan fingerprint density at radius 3 is 2.33 bits per heavy atom. The summed E-state index contributed by atoms with van der Waals surface area (Å²) in [5.41, 5.74) is 5.56. The second-order valence-electron chi connectivity index (χ2n) is 4.96. The average molecular weight is 266 g/mol. The third kappa shape index (κ3) is 5.71. The number of nitrogens with two attached hydrogens (primary N) is 1. The van der Waals surface area contributed by atoms with E-state index in [1.807, 2.05) is 0 Å². The van der Waals surface area contributed by atoms with Crippen molar-refractivity contribution in [3.8, 4) is 0 Å². The molecule has 0 unspecified atom stereocenters. The van der Waals surface area contributed by atoms with Gasteiger partial charge >= 0.3 is 6.18 Å². The molecule has 0 radical (unpaired) electrons. The molecule has 0 aliphatic heterocycles. The van der Waals surface area contributed by atoms with Gasteiger partial charge in [-0.05, 0) is 44.6 Å². The summed E-state index contributed by atoms with van der Waals surface area (Å²) in [6.45, 7) is 0.759. The smallest absolute Gasteiger partial charge is 0.356 e. The largest absolute Gasteiger partial charge is 0.389 e. The second-order valence-corrected chi connectivity index (χ2v) is 4.96. The number of hydrogen-bond donors (Lipinski definition) is 2. The highest BCUT2D eigenvalue weighted by Crippen LogP contribution is 2.28. The van der Waals surface area contributed by atoms with Crippen LogP contribution < -0.4 is 11.1 Å². The average Bonchev–Trinajstić information content (AvgIpc) is 2.33. The predicted molar refractivity (Wildman–Crippen MR) is 62.8 cm³/mol. The fraction of sp³-hybridized carbons (Fsp3) is 0.917. The zero-order valence-electron chi connectivity index (χ0n) is 10.4. The fourth-order valence-electron chi connectivity index (χ4n) is 2.31. The molecule has 1 fully saturated rings. The summed E-state index contributed by atoms with van der Waals surface area (Å²) < 4.78 is 35.7. The van der Waals surface area contributed by atoms with Gasteiger partial charge in [-0.25, -0.2) is 0 Å². The predicted octanol–water partition coefficient (Wildman–Crippen LogP) is 2.21. The van der Waals surface area contributed by atoms with E-state index in [0.717, 1.165) is 25.7 Å². The highest BCUT2D eigenvalue weighted by atomic mass is 19.4. The van der Waals surface area contributed by atoms with Gasteiger partial charge in [-0.2, -0.15) is 13.2 Å². The lowest BCUT2D eigenvalue weighted by atomic mass is 9.81.